The molecule has 3 heterocycles. The summed E-state index contributed by atoms with van der Waals surface area (Å²) < 4.78 is 4.63. The van der Waals surface area contributed by atoms with E-state index in [0.717, 1.165) is 11.3 Å². The van der Waals surface area contributed by atoms with E-state index in [1.165, 1.54) is 9.13 Å². The summed E-state index contributed by atoms with van der Waals surface area (Å²) in [4.78, 5) is 31.0. The molecular weight excluding hydrogens is 356 g/mol. The van der Waals surface area contributed by atoms with Crippen molar-refractivity contribution in [2.45, 2.75) is 46.3 Å². The van der Waals surface area contributed by atoms with Crippen molar-refractivity contribution in [1.82, 2.24) is 18.7 Å². The Labute approximate surface area is 162 Å². The van der Waals surface area contributed by atoms with Crippen molar-refractivity contribution in [3.8, 4) is 0 Å². The molecule has 0 unspecified atom stereocenters. The topological polar surface area (TPSA) is 77.4 Å². The molecule has 0 spiro atoms. The Kier molecular flexibility index (Phi) is 4.21. The Morgan fingerprint density at radius 1 is 1.14 bits per heavy atom. The summed E-state index contributed by atoms with van der Waals surface area (Å²) in [6.07, 6.45) is 0. The minimum atomic E-state index is -0.377. The van der Waals surface area contributed by atoms with E-state index < -0.39 is 0 Å². The van der Waals surface area contributed by atoms with Crippen LogP contribution in [0.15, 0.2) is 45.0 Å². The first-order chi connectivity index (χ1) is 13.3. The monoisotopic (exact) mass is 380 g/mol. The summed E-state index contributed by atoms with van der Waals surface area (Å²) in [6.45, 7) is 8.19. The fourth-order valence-electron chi connectivity index (χ4n) is 3.59. The number of nitrogens with zero attached hydrogens (tertiary/aromatic N) is 6. The largest absolute Gasteiger partial charge is 0.332 e. The number of aromatic nitrogens is 4. The van der Waals surface area contributed by atoms with Crippen molar-refractivity contribution in [2.75, 3.05) is 5.01 Å². The van der Waals surface area contributed by atoms with E-state index in [0.29, 0.717) is 17.1 Å². The maximum Gasteiger partial charge on any atom is 0.332 e. The summed E-state index contributed by atoms with van der Waals surface area (Å²) in [5.41, 5.74) is 1.90. The lowest BCUT2D eigenvalue weighted by Crippen LogP contribution is -2.41. The van der Waals surface area contributed by atoms with Gasteiger partial charge in [0.05, 0.1) is 24.3 Å². The predicted molar refractivity (Wildman–Crippen MR) is 110 cm³/mol. The third kappa shape index (κ3) is 2.59. The molecular formula is C20H24N6O2. The Morgan fingerprint density at radius 2 is 1.82 bits per heavy atom. The van der Waals surface area contributed by atoms with Crippen molar-refractivity contribution in [2.24, 2.45) is 12.1 Å². The summed E-state index contributed by atoms with van der Waals surface area (Å²) in [5.74, 6) is 0.590. The highest BCUT2D eigenvalue weighted by Gasteiger charge is 2.31. The fraction of sp³-hybridized carbons (Fsp3) is 0.400. The van der Waals surface area contributed by atoms with Crippen LogP contribution in [-0.2, 0) is 13.6 Å². The number of benzene rings is 1. The van der Waals surface area contributed by atoms with Gasteiger partial charge < -0.3 is 0 Å². The van der Waals surface area contributed by atoms with E-state index in [9.17, 15) is 9.59 Å². The van der Waals surface area contributed by atoms with Gasteiger partial charge in [0, 0.05) is 7.05 Å². The van der Waals surface area contributed by atoms with E-state index in [2.05, 4.69) is 10.1 Å². The molecule has 0 aliphatic carbocycles. The van der Waals surface area contributed by atoms with Crippen molar-refractivity contribution in [1.29, 1.82) is 0 Å². The quantitative estimate of drug-likeness (QED) is 0.697. The number of hydrogen-bond acceptors (Lipinski definition) is 5. The van der Waals surface area contributed by atoms with E-state index >= 15 is 0 Å². The summed E-state index contributed by atoms with van der Waals surface area (Å²) in [7, 11) is 1.66. The molecule has 146 valence electrons. The van der Waals surface area contributed by atoms with Gasteiger partial charge in [0.25, 0.3) is 5.56 Å². The first-order valence-corrected chi connectivity index (χ1v) is 9.41. The first-order valence-electron chi connectivity index (χ1n) is 9.41. The van der Waals surface area contributed by atoms with Crippen LogP contribution in [0, 0.1) is 0 Å². The second-order valence-electron chi connectivity index (χ2n) is 7.53. The van der Waals surface area contributed by atoms with Crippen LogP contribution in [0.1, 0.15) is 39.3 Å². The standard InChI is InChI=1S/C20H24N6O2/c1-12(2)26-19-21-17-16(25(19)14(4)13(3)22-26)18(27)24(20(28)23(17)5)11-15-9-7-6-8-10-15/h6-10,12,14H,11H2,1-5H3/t14-/m0/s1. The van der Waals surface area contributed by atoms with Crippen LogP contribution in [0.4, 0.5) is 5.95 Å². The summed E-state index contributed by atoms with van der Waals surface area (Å²) in [6, 6.07) is 9.46. The van der Waals surface area contributed by atoms with Gasteiger partial charge in [-0.05, 0) is 33.3 Å². The lowest BCUT2D eigenvalue weighted by atomic mass is 10.2. The van der Waals surface area contributed by atoms with Crippen LogP contribution in [0.25, 0.3) is 11.2 Å². The molecule has 8 nitrogen and oxygen atoms in total. The molecule has 0 saturated carbocycles. The number of anilines is 1. The van der Waals surface area contributed by atoms with Crippen LogP contribution in [0.3, 0.4) is 0 Å². The molecule has 1 aromatic carbocycles. The Bertz CT molecular complexity index is 1200. The van der Waals surface area contributed by atoms with E-state index in [-0.39, 0.29) is 29.9 Å². The number of imidazole rings is 1. The minimum absolute atomic E-state index is 0.0709. The Hall–Kier alpha value is -3.16. The van der Waals surface area contributed by atoms with Gasteiger partial charge in [0.15, 0.2) is 11.2 Å². The van der Waals surface area contributed by atoms with Gasteiger partial charge in [-0.1, -0.05) is 30.3 Å². The average Bonchev–Trinajstić information content (AvgIpc) is 3.08. The van der Waals surface area contributed by atoms with Gasteiger partial charge in [-0.25, -0.2) is 9.80 Å². The zero-order chi connectivity index (χ0) is 20.2. The smallest absolute Gasteiger partial charge is 0.294 e. The molecule has 0 fully saturated rings. The molecule has 28 heavy (non-hydrogen) atoms. The highest BCUT2D eigenvalue weighted by Crippen LogP contribution is 2.30. The first kappa shape index (κ1) is 18.2. The highest BCUT2D eigenvalue weighted by molar-refractivity contribution is 5.91. The lowest BCUT2D eigenvalue weighted by molar-refractivity contribution is 0.596. The zero-order valence-corrected chi connectivity index (χ0v) is 16.7. The van der Waals surface area contributed by atoms with E-state index in [1.807, 2.05) is 62.6 Å². The number of rotatable bonds is 3. The molecule has 0 amide bonds. The van der Waals surface area contributed by atoms with Crippen LogP contribution in [-0.4, -0.2) is 30.4 Å². The molecule has 0 saturated heterocycles. The third-order valence-corrected chi connectivity index (χ3v) is 5.29. The van der Waals surface area contributed by atoms with Gasteiger partial charge in [-0.2, -0.15) is 10.1 Å². The molecule has 2 aromatic heterocycles. The van der Waals surface area contributed by atoms with Gasteiger partial charge in [0.1, 0.15) is 0 Å². The van der Waals surface area contributed by atoms with Gasteiger partial charge in [0.2, 0.25) is 5.95 Å². The van der Waals surface area contributed by atoms with E-state index in [4.69, 9.17) is 0 Å². The molecule has 0 bridgehead atoms. The summed E-state index contributed by atoms with van der Waals surface area (Å²) >= 11 is 0. The zero-order valence-electron chi connectivity index (χ0n) is 16.7. The molecule has 0 radical (unpaired) electrons. The SMILES string of the molecule is CC1=NN(C(C)C)c2nc3c(c(=O)n(Cc4ccccc4)c(=O)n3C)n2[C@H]1C. The van der Waals surface area contributed by atoms with E-state index in [1.54, 1.807) is 12.1 Å². The Balaban J connectivity index is 2.03. The maximum atomic E-state index is 13.4. The number of fused-ring (bicyclic) bond motifs is 3. The maximum absolute atomic E-state index is 13.4. The molecule has 4 rings (SSSR count). The third-order valence-electron chi connectivity index (χ3n) is 5.29. The van der Waals surface area contributed by atoms with Crippen molar-refractivity contribution < 1.29 is 0 Å². The molecule has 0 N–H and O–H groups in total. The van der Waals surface area contributed by atoms with Crippen LogP contribution in [0.2, 0.25) is 0 Å². The fourth-order valence-corrected chi connectivity index (χ4v) is 3.59. The van der Waals surface area contributed by atoms with Crippen molar-refractivity contribution in [3.05, 3.63) is 56.7 Å². The second-order valence-corrected chi connectivity index (χ2v) is 7.53. The molecule has 1 atom stereocenters. The Morgan fingerprint density at radius 3 is 2.46 bits per heavy atom. The van der Waals surface area contributed by atoms with Crippen LogP contribution >= 0.6 is 0 Å². The normalized spacial score (nSPS) is 16.6. The van der Waals surface area contributed by atoms with Gasteiger partial charge in [-0.15, -0.1) is 0 Å². The van der Waals surface area contributed by atoms with Crippen LogP contribution in [0.5, 0.6) is 0 Å². The second kappa shape index (κ2) is 6.47. The molecule has 3 aromatic rings. The molecule has 1 aliphatic rings. The van der Waals surface area contributed by atoms with Gasteiger partial charge in [-0.3, -0.25) is 18.5 Å². The number of aryl methyl sites for hydroxylation is 1. The summed E-state index contributed by atoms with van der Waals surface area (Å²) in [5, 5.41) is 6.45. The average molecular weight is 380 g/mol. The van der Waals surface area contributed by atoms with Crippen molar-refractivity contribution >= 4 is 22.8 Å². The van der Waals surface area contributed by atoms with Crippen LogP contribution < -0.4 is 16.3 Å². The molecule has 1 aliphatic heterocycles. The molecule has 8 heteroatoms. The predicted octanol–water partition coefficient (Wildman–Crippen LogP) is 2.11. The van der Waals surface area contributed by atoms with Gasteiger partial charge >= 0.3 is 5.69 Å². The number of hydrazone groups is 1. The highest BCUT2D eigenvalue weighted by atomic mass is 16.2. The lowest BCUT2D eigenvalue weighted by Gasteiger charge is -2.31. The van der Waals surface area contributed by atoms with Crippen molar-refractivity contribution in [3.63, 3.8) is 0 Å². The minimum Gasteiger partial charge on any atom is -0.294 e. The number of hydrogen-bond donors (Lipinski definition) is 0.